The van der Waals surface area contributed by atoms with Crippen molar-refractivity contribution >= 4 is 15.9 Å². The maximum absolute atomic E-state index is 4.42. The standard InChI is InChI=1S/C11H18BrN3/c1-8-5-14(3)6-9(2)11(8)15-7-10(12)4-13-15/h4,7-9,11H,5-6H2,1-3H3. The number of hydrogen-bond acceptors (Lipinski definition) is 2. The number of likely N-dealkylation sites (tertiary alicyclic amines) is 1. The minimum absolute atomic E-state index is 0.535. The molecule has 4 heteroatoms. The van der Waals surface area contributed by atoms with E-state index >= 15 is 0 Å². The highest BCUT2D eigenvalue weighted by atomic mass is 79.9. The third-order valence-corrected chi connectivity index (χ3v) is 3.65. The van der Waals surface area contributed by atoms with Crippen LogP contribution >= 0.6 is 15.9 Å². The molecule has 1 aliphatic heterocycles. The summed E-state index contributed by atoms with van der Waals surface area (Å²) in [5.74, 6) is 1.32. The lowest BCUT2D eigenvalue weighted by molar-refractivity contribution is 0.0963. The maximum Gasteiger partial charge on any atom is 0.0632 e. The van der Waals surface area contributed by atoms with Crippen LogP contribution in [0.5, 0.6) is 0 Å². The van der Waals surface area contributed by atoms with Gasteiger partial charge in [-0.1, -0.05) is 13.8 Å². The van der Waals surface area contributed by atoms with Gasteiger partial charge in [0.15, 0.2) is 0 Å². The van der Waals surface area contributed by atoms with Crippen molar-refractivity contribution < 1.29 is 0 Å². The summed E-state index contributed by atoms with van der Waals surface area (Å²) in [4.78, 5) is 2.41. The van der Waals surface area contributed by atoms with E-state index in [1.807, 2.05) is 6.20 Å². The van der Waals surface area contributed by atoms with E-state index in [-0.39, 0.29) is 0 Å². The quantitative estimate of drug-likeness (QED) is 0.782. The fraction of sp³-hybridized carbons (Fsp3) is 0.727. The molecule has 0 aliphatic carbocycles. The molecule has 1 aromatic heterocycles. The van der Waals surface area contributed by atoms with Crippen molar-refractivity contribution in [1.82, 2.24) is 14.7 Å². The first kappa shape index (κ1) is 11.1. The summed E-state index contributed by atoms with van der Waals surface area (Å²) in [5.41, 5.74) is 0. The summed E-state index contributed by atoms with van der Waals surface area (Å²) in [6.45, 7) is 6.94. The molecule has 2 heterocycles. The zero-order valence-electron chi connectivity index (χ0n) is 9.52. The SMILES string of the molecule is CC1CN(C)CC(C)C1n1cc(Br)cn1. The molecule has 0 saturated carbocycles. The Morgan fingerprint density at radius 2 is 1.93 bits per heavy atom. The van der Waals surface area contributed by atoms with Crippen LogP contribution in [0.2, 0.25) is 0 Å². The summed E-state index contributed by atoms with van der Waals surface area (Å²) in [5, 5.41) is 4.42. The number of piperidine rings is 1. The highest BCUT2D eigenvalue weighted by molar-refractivity contribution is 9.10. The largest absolute Gasteiger partial charge is 0.306 e. The van der Waals surface area contributed by atoms with E-state index in [2.05, 4.69) is 57.7 Å². The van der Waals surface area contributed by atoms with Gasteiger partial charge in [0.2, 0.25) is 0 Å². The van der Waals surface area contributed by atoms with E-state index < -0.39 is 0 Å². The molecular formula is C11H18BrN3. The lowest BCUT2D eigenvalue weighted by Crippen LogP contribution is -2.43. The molecule has 2 unspecified atom stereocenters. The van der Waals surface area contributed by atoms with E-state index in [0.29, 0.717) is 17.9 Å². The molecule has 0 aromatic carbocycles. The number of hydrogen-bond donors (Lipinski definition) is 0. The van der Waals surface area contributed by atoms with Crippen LogP contribution in [0.3, 0.4) is 0 Å². The number of halogens is 1. The Bertz CT molecular complexity index is 324. The molecule has 0 amide bonds. The molecule has 1 saturated heterocycles. The highest BCUT2D eigenvalue weighted by Gasteiger charge is 2.32. The second-order valence-corrected chi connectivity index (χ2v) is 5.72. The summed E-state index contributed by atoms with van der Waals surface area (Å²) >= 11 is 3.46. The zero-order valence-corrected chi connectivity index (χ0v) is 11.1. The fourth-order valence-corrected chi connectivity index (χ4v) is 3.14. The second-order valence-electron chi connectivity index (χ2n) is 4.80. The Kier molecular flexibility index (Phi) is 3.16. The molecule has 0 radical (unpaired) electrons. The Labute approximate surface area is 99.6 Å². The van der Waals surface area contributed by atoms with Crippen molar-refractivity contribution in [3.05, 3.63) is 16.9 Å². The number of nitrogens with zero attached hydrogens (tertiary/aromatic N) is 3. The van der Waals surface area contributed by atoms with E-state index in [1.165, 1.54) is 0 Å². The minimum atomic E-state index is 0.535. The first-order chi connectivity index (χ1) is 7.08. The van der Waals surface area contributed by atoms with Crippen LogP contribution in [-0.4, -0.2) is 34.8 Å². The van der Waals surface area contributed by atoms with Crippen LogP contribution in [0.25, 0.3) is 0 Å². The molecule has 0 bridgehead atoms. The predicted octanol–water partition coefficient (Wildman–Crippen LogP) is 2.40. The van der Waals surface area contributed by atoms with Crippen molar-refractivity contribution in [3.8, 4) is 0 Å². The summed E-state index contributed by atoms with van der Waals surface area (Å²) in [6, 6.07) is 0.535. The van der Waals surface area contributed by atoms with Crippen LogP contribution in [0, 0.1) is 11.8 Å². The van der Waals surface area contributed by atoms with Crippen molar-refractivity contribution in [3.63, 3.8) is 0 Å². The minimum Gasteiger partial charge on any atom is -0.306 e. The van der Waals surface area contributed by atoms with Crippen molar-refractivity contribution in [2.45, 2.75) is 19.9 Å². The maximum atomic E-state index is 4.42. The fourth-order valence-electron chi connectivity index (χ4n) is 2.83. The lowest BCUT2D eigenvalue weighted by atomic mass is 9.86. The van der Waals surface area contributed by atoms with Gasteiger partial charge in [-0.2, -0.15) is 5.10 Å². The van der Waals surface area contributed by atoms with Gasteiger partial charge < -0.3 is 4.90 Å². The molecule has 0 spiro atoms. The average Bonchev–Trinajstić information content (AvgIpc) is 2.49. The summed E-state index contributed by atoms with van der Waals surface area (Å²) < 4.78 is 3.19. The van der Waals surface area contributed by atoms with Crippen molar-refractivity contribution in [1.29, 1.82) is 0 Å². The van der Waals surface area contributed by atoms with Crippen LogP contribution < -0.4 is 0 Å². The number of rotatable bonds is 1. The van der Waals surface area contributed by atoms with Crippen LogP contribution in [-0.2, 0) is 0 Å². The van der Waals surface area contributed by atoms with Gasteiger partial charge in [-0.15, -0.1) is 0 Å². The van der Waals surface area contributed by atoms with Gasteiger partial charge in [-0.25, -0.2) is 0 Å². The third-order valence-electron chi connectivity index (χ3n) is 3.24. The third kappa shape index (κ3) is 2.26. The Morgan fingerprint density at radius 1 is 1.33 bits per heavy atom. The van der Waals surface area contributed by atoms with Gasteiger partial charge in [-0.3, -0.25) is 4.68 Å². The van der Waals surface area contributed by atoms with E-state index in [0.717, 1.165) is 17.6 Å². The van der Waals surface area contributed by atoms with Gasteiger partial charge in [0.1, 0.15) is 0 Å². The first-order valence-electron chi connectivity index (χ1n) is 5.46. The molecule has 15 heavy (non-hydrogen) atoms. The lowest BCUT2D eigenvalue weighted by Gasteiger charge is -2.39. The van der Waals surface area contributed by atoms with Crippen LogP contribution in [0.1, 0.15) is 19.9 Å². The van der Waals surface area contributed by atoms with Crippen LogP contribution in [0.4, 0.5) is 0 Å². The molecule has 0 N–H and O–H groups in total. The molecule has 2 rings (SSSR count). The predicted molar refractivity (Wildman–Crippen MR) is 64.8 cm³/mol. The molecule has 84 valence electrons. The van der Waals surface area contributed by atoms with Gasteiger partial charge in [0.25, 0.3) is 0 Å². The van der Waals surface area contributed by atoms with E-state index in [4.69, 9.17) is 0 Å². The molecule has 1 aromatic rings. The highest BCUT2D eigenvalue weighted by Crippen LogP contribution is 2.32. The number of aromatic nitrogens is 2. The molecule has 1 aliphatic rings. The second kappa shape index (κ2) is 4.26. The van der Waals surface area contributed by atoms with Crippen molar-refractivity contribution in [2.24, 2.45) is 11.8 Å². The van der Waals surface area contributed by atoms with Gasteiger partial charge >= 0.3 is 0 Å². The molecule has 1 fully saturated rings. The Balaban J connectivity index is 2.20. The average molecular weight is 272 g/mol. The molecular weight excluding hydrogens is 254 g/mol. The van der Waals surface area contributed by atoms with Crippen LogP contribution in [0.15, 0.2) is 16.9 Å². The van der Waals surface area contributed by atoms with Gasteiger partial charge in [0, 0.05) is 19.3 Å². The Morgan fingerprint density at radius 3 is 2.40 bits per heavy atom. The molecule has 3 nitrogen and oxygen atoms in total. The summed E-state index contributed by atoms with van der Waals surface area (Å²) in [6.07, 6.45) is 3.96. The van der Waals surface area contributed by atoms with E-state index in [1.54, 1.807) is 0 Å². The normalized spacial score (nSPS) is 33.2. The summed E-state index contributed by atoms with van der Waals surface area (Å²) in [7, 11) is 2.20. The van der Waals surface area contributed by atoms with Crippen molar-refractivity contribution in [2.75, 3.05) is 20.1 Å². The Hall–Kier alpha value is -0.350. The smallest absolute Gasteiger partial charge is 0.0632 e. The zero-order chi connectivity index (χ0) is 11.0. The first-order valence-corrected chi connectivity index (χ1v) is 6.25. The van der Waals surface area contributed by atoms with Gasteiger partial charge in [-0.05, 0) is 34.8 Å². The van der Waals surface area contributed by atoms with Gasteiger partial charge in [0.05, 0.1) is 16.7 Å². The van der Waals surface area contributed by atoms with E-state index in [9.17, 15) is 0 Å². The monoisotopic (exact) mass is 271 g/mol. The topological polar surface area (TPSA) is 21.1 Å². The molecule has 2 atom stereocenters.